The van der Waals surface area contributed by atoms with Crippen molar-refractivity contribution in [2.75, 3.05) is 12.4 Å². The molecule has 0 aliphatic carbocycles. The molecule has 0 bridgehead atoms. The summed E-state index contributed by atoms with van der Waals surface area (Å²) in [5.74, 6) is -0.0940. The minimum Gasteiger partial charge on any atom is -0.387 e. The number of benzene rings is 1. The highest BCUT2D eigenvalue weighted by Crippen LogP contribution is 2.31. The lowest BCUT2D eigenvalue weighted by molar-refractivity contribution is 0.0955. The third-order valence-corrected chi connectivity index (χ3v) is 5.96. The number of hydrogen-bond acceptors (Lipinski definition) is 5. The highest BCUT2D eigenvalue weighted by Gasteiger charge is 2.16. The van der Waals surface area contributed by atoms with Gasteiger partial charge in [0.25, 0.3) is 5.91 Å². The van der Waals surface area contributed by atoms with Gasteiger partial charge in [0.2, 0.25) is 0 Å². The van der Waals surface area contributed by atoms with Crippen molar-refractivity contribution in [3.8, 4) is 0 Å². The van der Waals surface area contributed by atoms with Crippen molar-refractivity contribution >= 4 is 34.3 Å². The van der Waals surface area contributed by atoms with Crippen LogP contribution in [0.25, 0.3) is 5.70 Å². The van der Waals surface area contributed by atoms with Crippen molar-refractivity contribution in [2.45, 2.75) is 27.3 Å². The lowest BCUT2D eigenvalue weighted by atomic mass is 10.1. The molecule has 0 aliphatic rings. The second-order valence-corrected chi connectivity index (χ2v) is 8.06. The second kappa shape index (κ2) is 10.6. The number of carbonyl (C=O) groups is 1. The van der Waals surface area contributed by atoms with E-state index in [0.29, 0.717) is 11.4 Å². The van der Waals surface area contributed by atoms with Crippen molar-refractivity contribution < 1.29 is 4.79 Å². The third-order valence-electron chi connectivity index (χ3n) is 4.86. The number of allylic oxidation sites excluding steroid dienone is 3. The molecule has 2 heterocycles. The lowest BCUT2D eigenvalue weighted by Crippen LogP contribution is -2.22. The van der Waals surface area contributed by atoms with Gasteiger partial charge in [-0.1, -0.05) is 30.4 Å². The summed E-state index contributed by atoms with van der Waals surface area (Å²) in [6.45, 7) is 6.55. The summed E-state index contributed by atoms with van der Waals surface area (Å²) in [4.78, 5) is 17.5. The molecule has 0 saturated carbocycles. The van der Waals surface area contributed by atoms with Gasteiger partial charge < -0.3 is 16.0 Å². The number of aryl methyl sites for hydroxylation is 1. The highest BCUT2D eigenvalue weighted by atomic mass is 32.1. The Balaban J connectivity index is 1.75. The van der Waals surface area contributed by atoms with E-state index < -0.39 is 0 Å². The molecule has 1 amide bonds. The van der Waals surface area contributed by atoms with E-state index in [9.17, 15) is 4.79 Å². The van der Waals surface area contributed by atoms with E-state index in [1.807, 2.05) is 56.6 Å². The molecular formula is C25H28N4OS. The summed E-state index contributed by atoms with van der Waals surface area (Å²) in [5, 5.41) is 11.7. The first kappa shape index (κ1) is 22.3. The summed E-state index contributed by atoms with van der Waals surface area (Å²) in [7, 11) is 1.93. The summed E-state index contributed by atoms with van der Waals surface area (Å²) < 4.78 is 0. The predicted molar refractivity (Wildman–Crippen MR) is 131 cm³/mol. The lowest BCUT2D eigenvalue weighted by Gasteiger charge is -2.13. The number of pyridine rings is 1. The quantitative estimate of drug-likeness (QED) is 0.402. The maximum atomic E-state index is 12.8. The Morgan fingerprint density at radius 2 is 1.97 bits per heavy atom. The summed E-state index contributed by atoms with van der Waals surface area (Å²) in [6.07, 6.45) is 7.59. The normalized spacial score (nSPS) is 11.9. The van der Waals surface area contributed by atoms with Gasteiger partial charge in [0.15, 0.2) is 0 Å². The van der Waals surface area contributed by atoms with Crippen LogP contribution in [0, 0.1) is 6.92 Å². The largest absolute Gasteiger partial charge is 0.387 e. The monoisotopic (exact) mass is 432 g/mol. The number of thiophene rings is 1. The standard InChI is InChI=1S/C25H28N4OS/c1-5-7-17(2)22(26-4)20-9-11-21(12-10-20)29-23-18(3)16-31-24(23)25(30)28-15-19-8-6-13-27-14-19/h5-14,16,26,29H,15H2,1-4H3,(H,28,30)/b7-5-,22-17-. The van der Waals surface area contributed by atoms with Crippen molar-refractivity contribution in [3.05, 3.63) is 93.5 Å². The van der Waals surface area contributed by atoms with E-state index in [-0.39, 0.29) is 5.91 Å². The number of nitrogens with zero attached hydrogens (tertiary/aromatic N) is 1. The average molecular weight is 433 g/mol. The van der Waals surface area contributed by atoms with Crippen LogP contribution in [0.15, 0.2) is 71.9 Å². The van der Waals surface area contributed by atoms with Crippen LogP contribution in [0.4, 0.5) is 11.4 Å². The molecule has 0 spiro atoms. The Morgan fingerprint density at radius 1 is 1.19 bits per heavy atom. The fraction of sp³-hybridized carbons (Fsp3) is 0.200. The average Bonchev–Trinajstić information content (AvgIpc) is 3.15. The number of nitrogens with one attached hydrogen (secondary N) is 3. The SMILES string of the molecule is C/C=C\C(C)=C(/NC)c1ccc(Nc2c(C)csc2C(=O)NCc2cccnc2)cc1. The molecule has 160 valence electrons. The Hall–Kier alpha value is -3.38. The minimum atomic E-state index is -0.0940. The smallest absolute Gasteiger partial charge is 0.263 e. The molecule has 1 aromatic carbocycles. The zero-order valence-corrected chi connectivity index (χ0v) is 19.1. The van der Waals surface area contributed by atoms with Crippen molar-refractivity contribution in [2.24, 2.45) is 0 Å². The van der Waals surface area contributed by atoms with Crippen molar-refractivity contribution in [1.82, 2.24) is 15.6 Å². The zero-order valence-electron chi connectivity index (χ0n) is 18.3. The van der Waals surface area contributed by atoms with Crippen LogP contribution in [0.3, 0.4) is 0 Å². The molecule has 3 rings (SSSR count). The minimum absolute atomic E-state index is 0.0940. The number of carbonyl (C=O) groups excluding carboxylic acids is 1. The van der Waals surface area contributed by atoms with Crippen LogP contribution in [0.2, 0.25) is 0 Å². The molecule has 0 saturated heterocycles. The molecule has 31 heavy (non-hydrogen) atoms. The van der Waals surface area contributed by atoms with Gasteiger partial charge in [-0.05, 0) is 66.6 Å². The number of aromatic nitrogens is 1. The van der Waals surface area contributed by atoms with E-state index in [1.54, 1.807) is 12.4 Å². The zero-order chi connectivity index (χ0) is 22.2. The number of hydrogen-bond donors (Lipinski definition) is 3. The number of rotatable bonds is 8. The Morgan fingerprint density at radius 3 is 2.61 bits per heavy atom. The summed E-state index contributed by atoms with van der Waals surface area (Å²) in [6, 6.07) is 12.0. The van der Waals surface area contributed by atoms with Crippen molar-refractivity contribution in [3.63, 3.8) is 0 Å². The molecule has 0 unspecified atom stereocenters. The molecular weight excluding hydrogens is 404 g/mol. The van der Waals surface area contributed by atoms with Gasteiger partial charge >= 0.3 is 0 Å². The fourth-order valence-electron chi connectivity index (χ4n) is 3.30. The molecule has 0 atom stereocenters. The van der Waals surface area contributed by atoms with E-state index in [2.05, 4.69) is 46.1 Å². The van der Waals surface area contributed by atoms with Gasteiger partial charge in [0.05, 0.1) is 5.69 Å². The van der Waals surface area contributed by atoms with Crippen LogP contribution < -0.4 is 16.0 Å². The molecule has 6 heteroatoms. The highest BCUT2D eigenvalue weighted by molar-refractivity contribution is 7.12. The van der Waals surface area contributed by atoms with Crippen molar-refractivity contribution in [1.29, 1.82) is 0 Å². The maximum Gasteiger partial charge on any atom is 0.263 e. The van der Waals surface area contributed by atoms with Gasteiger partial charge in [0, 0.05) is 37.4 Å². The summed E-state index contributed by atoms with van der Waals surface area (Å²) >= 11 is 1.44. The van der Waals surface area contributed by atoms with Crippen LogP contribution >= 0.6 is 11.3 Å². The predicted octanol–water partition coefficient (Wildman–Crippen LogP) is 5.65. The first-order chi connectivity index (χ1) is 15.0. The molecule has 0 radical (unpaired) electrons. The Labute approximate surface area is 187 Å². The van der Waals surface area contributed by atoms with E-state index >= 15 is 0 Å². The van der Waals surface area contributed by atoms with Gasteiger partial charge in [-0.3, -0.25) is 9.78 Å². The van der Waals surface area contributed by atoms with Gasteiger partial charge in [0.1, 0.15) is 4.88 Å². The third kappa shape index (κ3) is 5.61. The molecule has 0 aliphatic heterocycles. The van der Waals surface area contributed by atoms with E-state index in [4.69, 9.17) is 0 Å². The first-order valence-electron chi connectivity index (χ1n) is 10.2. The summed E-state index contributed by atoms with van der Waals surface area (Å²) in [5.41, 5.74) is 7.16. The topological polar surface area (TPSA) is 66.0 Å². The second-order valence-electron chi connectivity index (χ2n) is 7.18. The van der Waals surface area contributed by atoms with Crippen LogP contribution in [-0.2, 0) is 6.54 Å². The number of amides is 1. The Kier molecular flexibility index (Phi) is 7.62. The van der Waals surface area contributed by atoms with Crippen LogP contribution in [0.1, 0.15) is 40.2 Å². The maximum absolute atomic E-state index is 12.8. The number of anilines is 2. The van der Waals surface area contributed by atoms with Gasteiger partial charge in [-0.15, -0.1) is 11.3 Å². The van der Waals surface area contributed by atoms with Gasteiger partial charge in [-0.2, -0.15) is 0 Å². The van der Waals surface area contributed by atoms with Crippen LogP contribution in [-0.4, -0.2) is 17.9 Å². The first-order valence-corrected chi connectivity index (χ1v) is 11.1. The Bertz CT molecular complexity index is 1080. The van der Waals surface area contributed by atoms with Gasteiger partial charge in [-0.25, -0.2) is 0 Å². The molecule has 2 aromatic heterocycles. The fourth-order valence-corrected chi connectivity index (χ4v) is 4.22. The molecule has 3 N–H and O–H groups in total. The molecule has 3 aromatic rings. The molecule has 5 nitrogen and oxygen atoms in total. The van der Waals surface area contributed by atoms with E-state index in [0.717, 1.165) is 33.8 Å². The van der Waals surface area contributed by atoms with Crippen LogP contribution in [0.5, 0.6) is 0 Å². The molecule has 0 fully saturated rings. The van der Waals surface area contributed by atoms with E-state index in [1.165, 1.54) is 16.9 Å².